The summed E-state index contributed by atoms with van der Waals surface area (Å²) in [5.41, 5.74) is 0. The average Bonchev–Trinajstić information content (AvgIpc) is 2.68. The lowest BCUT2D eigenvalue weighted by Gasteiger charge is -2.36. The highest BCUT2D eigenvalue weighted by Crippen LogP contribution is 2.27. The van der Waals surface area contributed by atoms with Gasteiger partial charge in [0.05, 0.1) is 5.02 Å². The largest absolute Gasteiger partial charge is 0.482 e. The van der Waals surface area contributed by atoms with Crippen LogP contribution in [0.25, 0.3) is 0 Å². The Morgan fingerprint density at radius 2 is 2.00 bits per heavy atom. The van der Waals surface area contributed by atoms with Gasteiger partial charge in [0, 0.05) is 50.0 Å². The smallest absolute Gasteiger partial charge is 0.258 e. The SMILES string of the molecule is CC(CN1CCN(c2ccccn2)CC1)NC(=O)COc1ccc(Cl)cc1Cl. The predicted octanol–water partition coefficient (Wildman–Crippen LogP) is 3.09. The molecule has 0 radical (unpaired) electrons. The number of nitrogens with zero attached hydrogens (tertiary/aromatic N) is 3. The quantitative estimate of drug-likeness (QED) is 0.742. The second-order valence-electron chi connectivity index (χ2n) is 6.81. The highest BCUT2D eigenvalue weighted by atomic mass is 35.5. The minimum absolute atomic E-state index is 0.0261. The van der Waals surface area contributed by atoms with Crippen molar-refractivity contribution in [2.75, 3.05) is 44.2 Å². The third kappa shape index (κ3) is 5.99. The number of hydrogen-bond acceptors (Lipinski definition) is 5. The summed E-state index contributed by atoms with van der Waals surface area (Å²) in [6.45, 7) is 6.44. The van der Waals surface area contributed by atoms with E-state index in [4.69, 9.17) is 27.9 Å². The van der Waals surface area contributed by atoms with E-state index in [2.05, 4.69) is 20.1 Å². The fourth-order valence-corrected chi connectivity index (χ4v) is 3.65. The number of hydrogen-bond donors (Lipinski definition) is 1. The van der Waals surface area contributed by atoms with Gasteiger partial charge in [-0.2, -0.15) is 0 Å². The Morgan fingerprint density at radius 1 is 1.21 bits per heavy atom. The molecule has 0 saturated carbocycles. The highest BCUT2D eigenvalue weighted by molar-refractivity contribution is 6.35. The van der Waals surface area contributed by atoms with Crippen LogP contribution in [0.15, 0.2) is 42.6 Å². The first kappa shape index (κ1) is 20.7. The molecular weight excluding hydrogens is 399 g/mol. The Kier molecular flexibility index (Phi) is 7.36. The van der Waals surface area contributed by atoms with E-state index in [0.717, 1.165) is 38.5 Å². The number of anilines is 1. The van der Waals surface area contributed by atoms with Crippen LogP contribution < -0.4 is 15.0 Å². The van der Waals surface area contributed by atoms with E-state index in [0.29, 0.717) is 15.8 Å². The Hall–Kier alpha value is -2.02. The minimum atomic E-state index is -0.175. The molecule has 1 saturated heterocycles. The lowest BCUT2D eigenvalue weighted by atomic mass is 10.2. The van der Waals surface area contributed by atoms with Gasteiger partial charge >= 0.3 is 0 Å². The van der Waals surface area contributed by atoms with Crippen LogP contribution >= 0.6 is 23.2 Å². The van der Waals surface area contributed by atoms with Gasteiger partial charge in [-0.1, -0.05) is 29.3 Å². The van der Waals surface area contributed by atoms with Crippen molar-refractivity contribution >= 4 is 34.9 Å². The summed E-state index contributed by atoms with van der Waals surface area (Å²) in [6, 6.07) is 10.9. The van der Waals surface area contributed by atoms with Gasteiger partial charge in [0.1, 0.15) is 11.6 Å². The van der Waals surface area contributed by atoms with E-state index in [1.807, 2.05) is 31.3 Å². The molecule has 1 aromatic carbocycles. The molecule has 1 atom stereocenters. The molecule has 8 heteroatoms. The molecule has 1 aliphatic heterocycles. The van der Waals surface area contributed by atoms with E-state index in [9.17, 15) is 4.79 Å². The zero-order valence-electron chi connectivity index (χ0n) is 15.8. The van der Waals surface area contributed by atoms with Gasteiger partial charge in [-0.05, 0) is 37.3 Å². The number of ether oxygens (including phenoxy) is 1. The number of benzene rings is 1. The van der Waals surface area contributed by atoms with Crippen LogP contribution in [0.4, 0.5) is 5.82 Å². The highest BCUT2D eigenvalue weighted by Gasteiger charge is 2.20. The summed E-state index contributed by atoms with van der Waals surface area (Å²) in [5.74, 6) is 1.28. The zero-order chi connectivity index (χ0) is 19.9. The molecule has 6 nitrogen and oxygen atoms in total. The molecule has 150 valence electrons. The first-order valence-electron chi connectivity index (χ1n) is 9.27. The number of pyridine rings is 1. The summed E-state index contributed by atoms with van der Waals surface area (Å²) in [7, 11) is 0. The molecule has 28 heavy (non-hydrogen) atoms. The second-order valence-corrected chi connectivity index (χ2v) is 7.65. The van der Waals surface area contributed by atoms with Crippen molar-refractivity contribution < 1.29 is 9.53 Å². The van der Waals surface area contributed by atoms with Crippen LogP contribution in [0, 0.1) is 0 Å². The Bertz CT molecular complexity index is 783. The van der Waals surface area contributed by atoms with Gasteiger partial charge in [-0.15, -0.1) is 0 Å². The second kappa shape index (κ2) is 9.96. The van der Waals surface area contributed by atoms with E-state index < -0.39 is 0 Å². The van der Waals surface area contributed by atoms with E-state index in [1.165, 1.54) is 0 Å². The van der Waals surface area contributed by atoms with E-state index in [-0.39, 0.29) is 18.6 Å². The lowest BCUT2D eigenvalue weighted by Crippen LogP contribution is -2.51. The minimum Gasteiger partial charge on any atom is -0.482 e. The monoisotopic (exact) mass is 422 g/mol. The Balaban J connectivity index is 1.38. The van der Waals surface area contributed by atoms with Crippen molar-refractivity contribution in [1.29, 1.82) is 0 Å². The first-order valence-corrected chi connectivity index (χ1v) is 10.0. The standard InChI is InChI=1S/C20H24Cl2N4O2/c1-15(24-20(27)14-28-18-6-5-16(21)12-17(18)22)13-25-8-10-26(11-9-25)19-4-2-3-7-23-19/h2-7,12,15H,8-11,13-14H2,1H3,(H,24,27). The molecule has 0 bridgehead atoms. The van der Waals surface area contributed by atoms with Crippen LogP contribution in [-0.4, -0.2) is 61.2 Å². The molecule has 1 unspecified atom stereocenters. The van der Waals surface area contributed by atoms with Crippen molar-refractivity contribution in [3.05, 3.63) is 52.6 Å². The van der Waals surface area contributed by atoms with Gasteiger partial charge in [-0.3, -0.25) is 9.69 Å². The van der Waals surface area contributed by atoms with Crippen LogP contribution in [0.2, 0.25) is 10.0 Å². The molecule has 1 amide bonds. The van der Waals surface area contributed by atoms with Crippen molar-refractivity contribution in [3.8, 4) is 5.75 Å². The van der Waals surface area contributed by atoms with Gasteiger partial charge in [0.25, 0.3) is 5.91 Å². The van der Waals surface area contributed by atoms with Gasteiger partial charge in [0.2, 0.25) is 0 Å². The van der Waals surface area contributed by atoms with E-state index >= 15 is 0 Å². The average molecular weight is 423 g/mol. The van der Waals surface area contributed by atoms with Crippen LogP contribution in [0.1, 0.15) is 6.92 Å². The number of rotatable bonds is 7. The van der Waals surface area contributed by atoms with Crippen molar-refractivity contribution in [2.45, 2.75) is 13.0 Å². The number of carbonyl (C=O) groups is 1. The Labute approximate surface area is 175 Å². The molecule has 2 heterocycles. The summed E-state index contributed by atoms with van der Waals surface area (Å²) in [6.07, 6.45) is 1.82. The van der Waals surface area contributed by atoms with Crippen LogP contribution in [0.3, 0.4) is 0 Å². The van der Waals surface area contributed by atoms with Gasteiger partial charge < -0.3 is 15.0 Å². The third-order valence-electron chi connectivity index (χ3n) is 4.54. The first-order chi connectivity index (χ1) is 13.5. The summed E-state index contributed by atoms with van der Waals surface area (Å²) >= 11 is 11.9. The maximum absolute atomic E-state index is 12.1. The number of aromatic nitrogens is 1. The number of carbonyl (C=O) groups excluding carboxylic acids is 1. The van der Waals surface area contributed by atoms with Crippen molar-refractivity contribution in [2.24, 2.45) is 0 Å². The number of halogens is 2. The molecule has 1 aromatic heterocycles. The summed E-state index contributed by atoms with van der Waals surface area (Å²) < 4.78 is 5.48. The fraction of sp³-hybridized carbons (Fsp3) is 0.400. The summed E-state index contributed by atoms with van der Waals surface area (Å²) in [4.78, 5) is 21.2. The van der Waals surface area contributed by atoms with Crippen molar-refractivity contribution in [3.63, 3.8) is 0 Å². The topological polar surface area (TPSA) is 57.7 Å². The number of nitrogens with one attached hydrogen (secondary N) is 1. The van der Waals surface area contributed by atoms with E-state index in [1.54, 1.807) is 18.2 Å². The van der Waals surface area contributed by atoms with Gasteiger partial charge in [-0.25, -0.2) is 4.98 Å². The molecule has 2 aromatic rings. The number of amides is 1. The van der Waals surface area contributed by atoms with Crippen LogP contribution in [0.5, 0.6) is 5.75 Å². The maximum Gasteiger partial charge on any atom is 0.258 e. The summed E-state index contributed by atoms with van der Waals surface area (Å²) in [5, 5.41) is 3.88. The lowest BCUT2D eigenvalue weighted by molar-refractivity contribution is -0.123. The molecule has 3 rings (SSSR count). The normalized spacial score (nSPS) is 15.9. The molecule has 1 aliphatic rings. The predicted molar refractivity (Wildman–Crippen MR) is 112 cm³/mol. The number of piperazine rings is 1. The molecule has 0 aliphatic carbocycles. The van der Waals surface area contributed by atoms with Crippen LogP contribution in [-0.2, 0) is 4.79 Å². The van der Waals surface area contributed by atoms with Gasteiger partial charge in [0.15, 0.2) is 6.61 Å². The molecule has 0 spiro atoms. The zero-order valence-corrected chi connectivity index (χ0v) is 17.3. The molecule has 1 N–H and O–H groups in total. The Morgan fingerprint density at radius 3 is 2.68 bits per heavy atom. The fourth-order valence-electron chi connectivity index (χ4n) is 3.19. The molecule has 1 fully saturated rings. The molecular formula is C20H24Cl2N4O2. The van der Waals surface area contributed by atoms with Crippen molar-refractivity contribution in [1.82, 2.24) is 15.2 Å². The third-order valence-corrected chi connectivity index (χ3v) is 5.07. The maximum atomic E-state index is 12.1.